The van der Waals surface area contributed by atoms with E-state index in [0.717, 1.165) is 17.8 Å². The van der Waals surface area contributed by atoms with Gasteiger partial charge in [0.2, 0.25) is 0 Å². The highest BCUT2D eigenvalue weighted by Gasteiger charge is 2.78. The second-order valence-electron chi connectivity index (χ2n) is 19.0. The lowest BCUT2D eigenvalue weighted by Gasteiger charge is -2.80. The summed E-state index contributed by atoms with van der Waals surface area (Å²) >= 11 is 0. The molecule has 12 aliphatic carbocycles. The minimum atomic E-state index is 0.125. The first kappa shape index (κ1) is 23.4. The van der Waals surface area contributed by atoms with Crippen molar-refractivity contribution < 1.29 is 0 Å². The van der Waals surface area contributed by atoms with E-state index in [-0.39, 0.29) is 16.2 Å². The molecule has 0 heteroatoms. The van der Waals surface area contributed by atoms with Crippen LogP contribution in [0.25, 0.3) is 0 Å². The summed E-state index contributed by atoms with van der Waals surface area (Å²) in [6.45, 7) is 5.26. The second-order valence-corrected chi connectivity index (χ2v) is 19.0. The van der Waals surface area contributed by atoms with Crippen molar-refractivity contribution in [1.82, 2.24) is 0 Å². The van der Waals surface area contributed by atoms with E-state index in [1.165, 1.54) is 116 Å². The highest BCUT2D eigenvalue weighted by molar-refractivity contribution is 5.33. The topological polar surface area (TPSA) is 0 Å². The van der Waals surface area contributed by atoms with Crippen LogP contribution >= 0.6 is 0 Å². The summed E-state index contributed by atoms with van der Waals surface area (Å²) in [4.78, 5) is 0. The molecule has 0 radical (unpaired) electrons. The van der Waals surface area contributed by atoms with Crippen LogP contribution in [0.2, 0.25) is 0 Å². The average molecular weight is 505 g/mol. The highest BCUT2D eigenvalue weighted by Crippen LogP contribution is 2.87. The maximum Gasteiger partial charge on any atom is 0.0328 e. The molecule has 0 aliphatic heterocycles. The molecule has 0 aromatic rings. The van der Waals surface area contributed by atoms with E-state index in [1.54, 1.807) is 0 Å². The van der Waals surface area contributed by atoms with Crippen LogP contribution < -0.4 is 0 Å². The van der Waals surface area contributed by atoms with Gasteiger partial charge < -0.3 is 0 Å². The predicted molar refractivity (Wildman–Crippen MR) is 153 cm³/mol. The molecular weight excluding hydrogens is 456 g/mol. The van der Waals surface area contributed by atoms with Crippen LogP contribution in [0.1, 0.15) is 129 Å². The van der Waals surface area contributed by atoms with Crippen molar-refractivity contribution in [2.75, 3.05) is 0 Å². The van der Waals surface area contributed by atoms with Gasteiger partial charge in [-0.05, 0) is 166 Å². The van der Waals surface area contributed by atoms with E-state index < -0.39 is 0 Å². The number of rotatable bonds is 2. The lowest BCUT2D eigenvalue weighted by molar-refractivity contribution is -0.301. The van der Waals surface area contributed by atoms with Crippen molar-refractivity contribution in [2.24, 2.45) is 66.5 Å². The van der Waals surface area contributed by atoms with Crippen LogP contribution in [0, 0.1) is 104 Å². The molecule has 0 aromatic heterocycles. The SMILES string of the molecule is C#CC12CC3CC(C1)CC(C14CC5CC(C#C)(C1)CC(C16CC7(C)CC(C)(CC(C#C)(C7)C1)C6)(C5)C4)(C3)C2. The third-order valence-electron chi connectivity index (χ3n) is 15.9. The Morgan fingerprint density at radius 2 is 0.895 bits per heavy atom. The number of terminal acetylenes is 3. The largest absolute Gasteiger partial charge is 0.120 e. The van der Waals surface area contributed by atoms with E-state index in [9.17, 15) is 0 Å². The third kappa shape index (κ3) is 2.53. The fourth-order valence-corrected chi connectivity index (χ4v) is 17.2. The smallest absolute Gasteiger partial charge is 0.0328 e. The zero-order chi connectivity index (χ0) is 26.1. The normalized spacial score (nSPS) is 65.9. The summed E-state index contributed by atoms with van der Waals surface area (Å²) in [5.41, 5.74) is 2.97. The molecule has 12 fully saturated rings. The molecule has 12 rings (SSSR count). The Bertz CT molecular complexity index is 1240. The first-order chi connectivity index (χ1) is 17.9. The minimum absolute atomic E-state index is 0.125. The van der Waals surface area contributed by atoms with Gasteiger partial charge in [0, 0.05) is 16.2 Å². The molecule has 8 atom stereocenters. The lowest BCUT2D eigenvalue weighted by Crippen LogP contribution is -2.72. The molecule has 0 N–H and O–H groups in total. The Morgan fingerprint density at radius 3 is 1.47 bits per heavy atom. The van der Waals surface area contributed by atoms with Crippen LogP contribution in [-0.4, -0.2) is 0 Å². The molecule has 200 valence electrons. The molecule has 38 heavy (non-hydrogen) atoms. The van der Waals surface area contributed by atoms with Gasteiger partial charge in [0.15, 0.2) is 0 Å². The second kappa shape index (κ2) is 6.28. The van der Waals surface area contributed by atoms with E-state index in [2.05, 4.69) is 31.6 Å². The van der Waals surface area contributed by atoms with Crippen LogP contribution in [0.15, 0.2) is 0 Å². The summed E-state index contributed by atoms with van der Waals surface area (Å²) < 4.78 is 0. The summed E-state index contributed by atoms with van der Waals surface area (Å²) in [6, 6.07) is 0. The summed E-state index contributed by atoms with van der Waals surface area (Å²) in [5, 5.41) is 0. The zero-order valence-electron chi connectivity index (χ0n) is 24.2. The molecule has 12 aliphatic rings. The maximum atomic E-state index is 6.67. The van der Waals surface area contributed by atoms with Crippen molar-refractivity contribution in [1.29, 1.82) is 0 Å². The molecule has 12 saturated carbocycles. The Balaban J connectivity index is 1.22. The van der Waals surface area contributed by atoms with Crippen molar-refractivity contribution in [3.63, 3.8) is 0 Å². The van der Waals surface area contributed by atoms with Gasteiger partial charge in [0.05, 0.1) is 0 Å². The third-order valence-corrected chi connectivity index (χ3v) is 15.9. The van der Waals surface area contributed by atoms with Gasteiger partial charge in [-0.15, -0.1) is 19.3 Å². The Hall–Kier alpha value is -1.32. The molecule has 0 nitrogen and oxygen atoms in total. The van der Waals surface area contributed by atoms with Crippen LogP contribution in [0.5, 0.6) is 0 Å². The van der Waals surface area contributed by atoms with Crippen molar-refractivity contribution in [3.05, 3.63) is 0 Å². The fraction of sp³-hybridized carbons (Fsp3) is 0.842. The molecule has 8 unspecified atom stereocenters. The quantitative estimate of drug-likeness (QED) is 0.330. The van der Waals surface area contributed by atoms with E-state index in [1.807, 2.05) is 0 Å². The van der Waals surface area contributed by atoms with E-state index in [4.69, 9.17) is 19.3 Å². The van der Waals surface area contributed by atoms with Crippen molar-refractivity contribution >= 4 is 0 Å². The molecule has 0 spiro atoms. The standard InChI is InChI=1S/C38H48/c1-6-32-10-27-9-28(11-32)14-35(13-27,22-32)36-15-29-12-33(7-2,23-36)24-37(16-29,26-36)38-20-30(4)17-31(5,21-38)19-34(8-3,18-30)25-38/h1-3,27-29H,9-26H2,4-5H3. The van der Waals surface area contributed by atoms with Crippen LogP contribution in [0.4, 0.5) is 0 Å². The highest BCUT2D eigenvalue weighted by atomic mass is 14.8. The predicted octanol–water partition coefficient (Wildman–Crippen LogP) is 8.80. The van der Waals surface area contributed by atoms with Crippen molar-refractivity contribution in [2.45, 2.75) is 129 Å². The summed E-state index contributed by atoms with van der Waals surface area (Å²) in [5.74, 6) is 13.2. The van der Waals surface area contributed by atoms with Gasteiger partial charge in [-0.2, -0.15) is 0 Å². The molecule has 0 amide bonds. The maximum absolute atomic E-state index is 6.67. The molecular formula is C38H48. The van der Waals surface area contributed by atoms with Crippen molar-refractivity contribution in [3.8, 4) is 37.0 Å². The van der Waals surface area contributed by atoms with Crippen LogP contribution in [0.3, 0.4) is 0 Å². The molecule has 0 heterocycles. The number of hydrogen-bond donors (Lipinski definition) is 0. The summed E-state index contributed by atoms with van der Waals surface area (Å²) in [6.07, 6.45) is 44.4. The summed E-state index contributed by atoms with van der Waals surface area (Å²) in [7, 11) is 0. The van der Waals surface area contributed by atoms with Gasteiger partial charge >= 0.3 is 0 Å². The van der Waals surface area contributed by atoms with Gasteiger partial charge in [0.25, 0.3) is 0 Å². The fourth-order valence-electron chi connectivity index (χ4n) is 17.2. The van der Waals surface area contributed by atoms with E-state index in [0.29, 0.717) is 32.5 Å². The van der Waals surface area contributed by atoms with Gasteiger partial charge in [-0.3, -0.25) is 0 Å². The van der Waals surface area contributed by atoms with Gasteiger partial charge in [0.1, 0.15) is 0 Å². The Kier molecular flexibility index (Phi) is 3.86. The first-order valence-electron chi connectivity index (χ1n) is 16.3. The number of hydrogen-bond acceptors (Lipinski definition) is 0. The first-order valence-corrected chi connectivity index (χ1v) is 16.3. The lowest BCUT2D eigenvalue weighted by atomic mass is 9.23. The Morgan fingerprint density at radius 1 is 0.421 bits per heavy atom. The zero-order valence-corrected chi connectivity index (χ0v) is 24.2. The minimum Gasteiger partial charge on any atom is -0.120 e. The van der Waals surface area contributed by atoms with Crippen LogP contribution in [-0.2, 0) is 0 Å². The Labute approximate surface area is 232 Å². The molecule has 0 aromatic carbocycles. The molecule has 12 bridgehead atoms. The van der Waals surface area contributed by atoms with E-state index >= 15 is 0 Å². The monoisotopic (exact) mass is 504 g/mol. The average Bonchev–Trinajstić information content (AvgIpc) is 2.80. The van der Waals surface area contributed by atoms with Gasteiger partial charge in [-0.1, -0.05) is 31.6 Å². The van der Waals surface area contributed by atoms with Gasteiger partial charge in [-0.25, -0.2) is 0 Å². The molecule has 0 saturated heterocycles.